The smallest absolute Gasteiger partial charge is 0.258 e. The van der Waals surface area contributed by atoms with E-state index in [1.165, 1.54) is 0 Å². The first-order chi connectivity index (χ1) is 6.18. The molecule has 1 fully saturated rings. The van der Waals surface area contributed by atoms with Crippen LogP contribution in [0.2, 0.25) is 0 Å². The van der Waals surface area contributed by atoms with Gasteiger partial charge in [-0.25, -0.2) is 4.98 Å². The summed E-state index contributed by atoms with van der Waals surface area (Å²) in [6, 6.07) is 1.61. The number of halogens is 1. The third-order valence-corrected chi connectivity index (χ3v) is 2.70. The molecule has 0 amide bonds. The lowest BCUT2D eigenvalue weighted by molar-refractivity contribution is -0.386. The van der Waals surface area contributed by atoms with Gasteiger partial charge in [-0.05, 0) is 40.3 Å². The summed E-state index contributed by atoms with van der Waals surface area (Å²) in [4.78, 5) is 14.1. The lowest BCUT2D eigenvalue weighted by Crippen LogP contribution is -1.93. The van der Waals surface area contributed by atoms with Crippen LogP contribution < -0.4 is 0 Å². The minimum Gasteiger partial charge on any atom is -0.258 e. The molecule has 1 aliphatic carbocycles. The topological polar surface area (TPSA) is 56.0 Å². The Labute approximate surface area is 83.3 Å². The Morgan fingerprint density at radius 2 is 2.31 bits per heavy atom. The van der Waals surface area contributed by atoms with Crippen molar-refractivity contribution in [1.82, 2.24) is 4.98 Å². The third kappa shape index (κ3) is 1.70. The van der Waals surface area contributed by atoms with Crippen LogP contribution in [-0.2, 0) is 0 Å². The van der Waals surface area contributed by atoms with Crippen molar-refractivity contribution in [3.63, 3.8) is 0 Å². The molecule has 68 valence electrons. The molecule has 1 aromatic heterocycles. The first-order valence-electron chi connectivity index (χ1n) is 3.98. The van der Waals surface area contributed by atoms with Crippen LogP contribution in [0.25, 0.3) is 0 Å². The third-order valence-electron chi connectivity index (χ3n) is 2.09. The number of hydrogen-bond donors (Lipinski definition) is 0. The minimum absolute atomic E-state index is 0.0596. The van der Waals surface area contributed by atoms with Gasteiger partial charge in [0, 0.05) is 12.3 Å². The average Bonchev–Trinajstić information content (AvgIpc) is 2.87. The molecule has 1 heterocycles. The van der Waals surface area contributed by atoms with Gasteiger partial charge in [-0.1, -0.05) is 0 Å². The van der Waals surface area contributed by atoms with Crippen molar-refractivity contribution in [2.75, 3.05) is 0 Å². The Hall–Kier alpha value is -0.970. The molecule has 1 saturated carbocycles. The van der Waals surface area contributed by atoms with Gasteiger partial charge in [0.25, 0.3) is 0 Å². The summed E-state index contributed by atoms with van der Waals surface area (Å²) in [5, 5.41) is 10.6. The van der Waals surface area contributed by atoms with Crippen molar-refractivity contribution in [2.24, 2.45) is 0 Å². The fourth-order valence-electron chi connectivity index (χ4n) is 1.22. The largest absolute Gasteiger partial charge is 0.302 e. The van der Waals surface area contributed by atoms with E-state index in [1.54, 1.807) is 12.3 Å². The van der Waals surface area contributed by atoms with E-state index < -0.39 is 4.92 Å². The number of aromatic nitrogens is 1. The maximum atomic E-state index is 10.6. The second kappa shape index (κ2) is 3.06. The van der Waals surface area contributed by atoms with E-state index in [2.05, 4.69) is 20.9 Å². The van der Waals surface area contributed by atoms with Crippen LogP contribution in [-0.4, -0.2) is 9.91 Å². The molecule has 1 aromatic rings. The Bertz CT molecular complexity index is 363. The van der Waals surface area contributed by atoms with Crippen LogP contribution in [0.1, 0.15) is 24.3 Å². The Morgan fingerprint density at radius 3 is 2.85 bits per heavy atom. The predicted octanol–water partition coefficient (Wildman–Crippen LogP) is 2.63. The van der Waals surface area contributed by atoms with Crippen LogP contribution in [0.5, 0.6) is 0 Å². The van der Waals surface area contributed by atoms with Gasteiger partial charge in [0.15, 0.2) is 4.60 Å². The van der Waals surface area contributed by atoms with Crippen LogP contribution in [0.4, 0.5) is 5.69 Å². The van der Waals surface area contributed by atoms with E-state index in [0.717, 1.165) is 18.4 Å². The van der Waals surface area contributed by atoms with E-state index >= 15 is 0 Å². The first kappa shape index (κ1) is 8.62. The van der Waals surface area contributed by atoms with Gasteiger partial charge in [-0.3, -0.25) is 10.1 Å². The van der Waals surface area contributed by atoms with Crippen molar-refractivity contribution in [1.29, 1.82) is 0 Å². The van der Waals surface area contributed by atoms with Crippen molar-refractivity contribution in [3.8, 4) is 0 Å². The lowest BCUT2D eigenvalue weighted by Gasteiger charge is -1.98. The zero-order valence-electron chi connectivity index (χ0n) is 6.74. The molecule has 13 heavy (non-hydrogen) atoms. The number of rotatable bonds is 2. The molecule has 0 saturated heterocycles. The summed E-state index contributed by atoms with van der Waals surface area (Å²) in [5.74, 6) is 0.499. The zero-order chi connectivity index (χ0) is 9.42. The highest BCUT2D eigenvalue weighted by Gasteiger charge is 2.26. The van der Waals surface area contributed by atoms with E-state index in [-0.39, 0.29) is 5.69 Å². The molecule has 4 nitrogen and oxygen atoms in total. The van der Waals surface area contributed by atoms with Gasteiger partial charge in [-0.2, -0.15) is 0 Å². The van der Waals surface area contributed by atoms with Crippen molar-refractivity contribution < 1.29 is 4.92 Å². The fraction of sp³-hybridized carbons (Fsp3) is 0.375. The average molecular weight is 243 g/mol. The van der Waals surface area contributed by atoms with Crippen LogP contribution in [0.15, 0.2) is 16.9 Å². The molecule has 0 spiro atoms. The van der Waals surface area contributed by atoms with Gasteiger partial charge in [-0.15, -0.1) is 0 Å². The molecule has 5 heteroatoms. The second-order valence-corrected chi connectivity index (χ2v) is 3.86. The molecule has 0 atom stereocenters. The lowest BCUT2D eigenvalue weighted by atomic mass is 10.2. The summed E-state index contributed by atoms with van der Waals surface area (Å²) < 4.78 is 0.307. The zero-order valence-corrected chi connectivity index (χ0v) is 8.32. The summed E-state index contributed by atoms with van der Waals surface area (Å²) in [5.41, 5.74) is 1.04. The van der Waals surface area contributed by atoms with Gasteiger partial charge in [0.2, 0.25) is 0 Å². The van der Waals surface area contributed by atoms with Crippen molar-refractivity contribution in [3.05, 3.63) is 32.5 Å². The molecule has 0 N–H and O–H groups in total. The summed E-state index contributed by atoms with van der Waals surface area (Å²) in [7, 11) is 0. The van der Waals surface area contributed by atoms with E-state index in [1.807, 2.05) is 0 Å². The molecule has 0 radical (unpaired) electrons. The summed E-state index contributed by atoms with van der Waals surface area (Å²) in [6.45, 7) is 0. The Balaban J connectivity index is 2.41. The predicted molar refractivity (Wildman–Crippen MR) is 50.6 cm³/mol. The normalized spacial score (nSPS) is 15.8. The number of pyridine rings is 1. The first-order valence-corrected chi connectivity index (χ1v) is 4.77. The standard InChI is InChI=1S/C8H7BrN2O2/c9-8-7(11(12)13)3-6(4-10-8)5-1-2-5/h3-5H,1-2H2. The monoisotopic (exact) mass is 242 g/mol. The molecule has 0 bridgehead atoms. The molecular formula is C8H7BrN2O2. The fourth-order valence-corrected chi connectivity index (χ4v) is 1.58. The number of hydrogen-bond acceptors (Lipinski definition) is 3. The molecule has 2 rings (SSSR count). The number of nitrogens with zero attached hydrogens (tertiary/aromatic N) is 2. The highest BCUT2D eigenvalue weighted by Crippen LogP contribution is 2.41. The molecule has 0 unspecified atom stereocenters. The minimum atomic E-state index is -0.414. The van der Waals surface area contributed by atoms with Crippen LogP contribution in [0, 0.1) is 10.1 Å². The van der Waals surface area contributed by atoms with Crippen molar-refractivity contribution in [2.45, 2.75) is 18.8 Å². The molecule has 1 aliphatic rings. The number of nitro groups is 1. The second-order valence-electron chi connectivity index (χ2n) is 3.11. The highest BCUT2D eigenvalue weighted by atomic mass is 79.9. The quantitative estimate of drug-likeness (QED) is 0.455. The van der Waals surface area contributed by atoms with Gasteiger partial charge < -0.3 is 0 Å². The maximum Gasteiger partial charge on any atom is 0.302 e. The van der Waals surface area contributed by atoms with Gasteiger partial charge in [0.1, 0.15) is 0 Å². The van der Waals surface area contributed by atoms with E-state index in [0.29, 0.717) is 10.5 Å². The van der Waals surface area contributed by atoms with Crippen molar-refractivity contribution >= 4 is 21.6 Å². The maximum absolute atomic E-state index is 10.6. The summed E-state index contributed by atoms with van der Waals surface area (Å²) in [6.07, 6.45) is 3.95. The van der Waals surface area contributed by atoms with E-state index in [9.17, 15) is 10.1 Å². The van der Waals surface area contributed by atoms with Gasteiger partial charge in [0.05, 0.1) is 4.92 Å². The molecule has 0 aliphatic heterocycles. The molecular weight excluding hydrogens is 236 g/mol. The Kier molecular flexibility index (Phi) is 2.03. The highest BCUT2D eigenvalue weighted by molar-refractivity contribution is 9.10. The molecule has 0 aromatic carbocycles. The van der Waals surface area contributed by atoms with Crippen LogP contribution >= 0.6 is 15.9 Å². The Morgan fingerprint density at radius 1 is 1.62 bits per heavy atom. The summed E-state index contributed by atoms with van der Waals surface area (Å²) >= 11 is 3.05. The van der Waals surface area contributed by atoms with E-state index in [4.69, 9.17) is 0 Å². The van der Waals surface area contributed by atoms with Gasteiger partial charge >= 0.3 is 5.69 Å². The SMILES string of the molecule is O=[N+]([O-])c1cc(C2CC2)cnc1Br. The van der Waals surface area contributed by atoms with Crippen LogP contribution in [0.3, 0.4) is 0 Å².